The summed E-state index contributed by atoms with van der Waals surface area (Å²) < 4.78 is 0. The zero-order valence-corrected chi connectivity index (χ0v) is 7.86. The van der Waals surface area contributed by atoms with Crippen LogP contribution in [0, 0.1) is 22.7 Å². The average Bonchev–Trinajstić information content (AvgIpc) is 2.73. The number of hydrogen-bond donors (Lipinski definition) is 1. The van der Waals surface area contributed by atoms with Crippen molar-refractivity contribution < 1.29 is 0 Å². The summed E-state index contributed by atoms with van der Waals surface area (Å²) in [4.78, 5) is 3.08. The Morgan fingerprint density at radius 3 is 2.73 bits per heavy atom. The molecule has 1 heterocycles. The van der Waals surface area contributed by atoms with Gasteiger partial charge in [-0.1, -0.05) is 6.07 Å². The Morgan fingerprint density at radius 1 is 1.20 bits per heavy atom. The molecule has 2 rings (SSSR count). The highest BCUT2D eigenvalue weighted by atomic mass is 14.7. The Kier molecular flexibility index (Phi) is 2.23. The molecule has 1 aromatic heterocycles. The first-order valence-corrected chi connectivity index (χ1v) is 4.42. The number of aromatic nitrogens is 1. The summed E-state index contributed by atoms with van der Waals surface area (Å²) in [6.45, 7) is 0. The Morgan fingerprint density at radius 2 is 2.00 bits per heavy atom. The number of nitrogens with one attached hydrogen (secondary N) is 1. The SMILES string of the molecule is N#CC(C#N)=Cc1ccc2[nH]ccc2c1. The summed E-state index contributed by atoms with van der Waals surface area (Å²) in [5, 5.41) is 18.3. The lowest BCUT2D eigenvalue weighted by molar-refractivity contribution is 1.47. The Bertz CT molecular complexity index is 590. The lowest BCUT2D eigenvalue weighted by Crippen LogP contribution is -1.76. The minimum absolute atomic E-state index is 0.116. The molecule has 0 amide bonds. The summed E-state index contributed by atoms with van der Waals surface area (Å²) in [6, 6.07) is 11.3. The van der Waals surface area contributed by atoms with Gasteiger partial charge in [0.05, 0.1) is 0 Å². The van der Waals surface area contributed by atoms with E-state index in [4.69, 9.17) is 10.5 Å². The summed E-state index contributed by atoms with van der Waals surface area (Å²) >= 11 is 0. The molecule has 0 aliphatic rings. The van der Waals surface area contributed by atoms with Crippen LogP contribution in [0.1, 0.15) is 5.56 Å². The van der Waals surface area contributed by atoms with Gasteiger partial charge in [0, 0.05) is 11.7 Å². The van der Waals surface area contributed by atoms with Crippen LogP contribution in [-0.4, -0.2) is 4.98 Å². The fourth-order valence-corrected chi connectivity index (χ4v) is 1.42. The fourth-order valence-electron chi connectivity index (χ4n) is 1.42. The first-order valence-electron chi connectivity index (χ1n) is 4.42. The van der Waals surface area contributed by atoms with Crippen molar-refractivity contribution in [2.75, 3.05) is 0 Å². The van der Waals surface area contributed by atoms with E-state index in [-0.39, 0.29) is 5.57 Å². The lowest BCUT2D eigenvalue weighted by Gasteiger charge is -1.93. The molecule has 0 unspecified atom stereocenters. The van der Waals surface area contributed by atoms with Gasteiger partial charge in [-0.15, -0.1) is 0 Å². The molecule has 15 heavy (non-hydrogen) atoms. The van der Waals surface area contributed by atoms with E-state index in [1.165, 1.54) is 0 Å². The maximum absolute atomic E-state index is 8.61. The van der Waals surface area contributed by atoms with E-state index >= 15 is 0 Å². The maximum Gasteiger partial charge on any atom is 0.130 e. The number of fused-ring (bicyclic) bond motifs is 1. The third-order valence-electron chi connectivity index (χ3n) is 2.13. The second kappa shape index (κ2) is 3.69. The molecule has 0 radical (unpaired) electrons. The van der Waals surface area contributed by atoms with E-state index in [1.807, 2.05) is 42.6 Å². The number of allylic oxidation sites excluding steroid dienone is 1. The molecule has 0 fully saturated rings. The van der Waals surface area contributed by atoms with Crippen molar-refractivity contribution in [3.63, 3.8) is 0 Å². The molecule has 3 nitrogen and oxygen atoms in total. The summed E-state index contributed by atoms with van der Waals surface area (Å²) in [6.07, 6.45) is 3.43. The van der Waals surface area contributed by atoms with E-state index in [0.717, 1.165) is 16.5 Å². The van der Waals surface area contributed by atoms with Gasteiger partial charge in [0.2, 0.25) is 0 Å². The van der Waals surface area contributed by atoms with Crippen molar-refractivity contribution in [2.45, 2.75) is 0 Å². The topological polar surface area (TPSA) is 63.4 Å². The molecule has 0 bridgehead atoms. The van der Waals surface area contributed by atoms with E-state index in [2.05, 4.69) is 4.98 Å². The molecule has 1 N–H and O–H groups in total. The molecule has 0 aliphatic carbocycles. The zero-order chi connectivity index (χ0) is 10.7. The lowest BCUT2D eigenvalue weighted by atomic mass is 10.1. The molecule has 0 saturated carbocycles. The van der Waals surface area contributed by atoms with Crippen molar-refractivity contribution in [1.82, 2.24) is 4.98 Å². The van der Waals surface area contributed by atoms with Crippen molar-refractivity contribution in [3.05, 3.63) is 41.6 Å². The first-order chi connectivity index (χ1) is 7.33. The predicted molar refractivity (Wildman–Crippen MR) is 57.5 cm³/mol. The molecule has 0 atom stereocenters. The van der Waals surface area contributed by atoms with Gasteiger partial charge in [0.1, 0.15) is 17.7 Å². The van der Waals surface area contributed by atoms with Gasteiger partial charge in [-0.2, -0.15) is 10.5 Å². The first kappa shape index (κ1) is 9.05. The van der Waals surface area contributed by atoms with Crippen LogP contribution in [0.2, 0.25) is 0 Å². The van der Waals surface area contributed by atoms with Crippen LogP contribution in [0.4, 0.5) is 0 Å². The third kappa shape index (κ3) is 1.72. The molecule has 3 heteroatoms. The Hall–Kier alpha value is -2.52. The Balaban J connectivity index is 2.51. The van der Waals surface area contributed by atoms with E-state index < -0.39 is 0 Å². The highest BCUT2D eigenvalue weighted by Crippen LogP contribution is 2.16. The third-order valence-corrected chi connectivity index (χ3v) is 2.13. The Labute approximate surface area is 86.9 Å². The summed E-state index contributed by atoms with van der Waals surface area (Å²) in [5.74, 6) is 0. The monoisotopic (exact) mass is 193 g/mol. The molecular weight excluding hydrogens is 186 g/mol. The number of rotatable bonds is 1. The molecule has 0 spiro atoms. The van der Waals surface area contributed by atoms with E-state index in [1.54, 1.807) is 6.08 Å². The number of H-pyrrole nitrogens is 1. The van der Waals surface area contributed by atoms with Crippen molar-refractivity contribution in [1.29, 1.82) is 10.5 Å². The van der Waals surface area contributed by atoms with Gasteiger partial charge in [-0.05, 0) is 35.2 Å². The number of nitriles is 2. The largest absolute Gasteiger partial charge is 0.361 e. The van der Waals surface area contributed by atoms with Gasteiger partial charge in [0.25, 0.3) is 0 Å². The van der Waals surface area contributed by atoms with Crippen LogP contribution < -0.4 is 0 Å². The van der Waals surface area contributed by atoms with Gasteiger partial charge >= 0.3 is 0 Å². The van der Waals surface area contributed by atoms with Gasteiger partial charge in [-0.3, -0.25) is 0 Å². The normalized spacial score (nSPS) is 9.20. The number of aromatic amines is 1. The zero-order valence-electron chi connectivity index (χ0n) is 7.86. The van der Waals surface area contributed by atoms with Gasteiger partial charge < -0.3 is 4.98 Å². The molecule has 0 saturated heterocycles. The second-order valence-corrected chi connectivity index (χ2v) is 3.11. The number of nitrogens with zero attached hydrogens (tertiary/aromatic N) is 2. The molecule has 70 valence electrons. The van der Waals surface area contributed by atoms with Crippen molar-refractivity contribution in [3.8, 4) is 12.1 Å². The number of hydrogen-bond acceptors (Lipinski definition) is 2. The predicted octanol–water partition coefficient (Wildman–Crippen LogP) is 2.60. The smallest absolute Gasteiger partial charge is 0.130 e. The van der Waals surface area contributed by atoms with Crippen LogP contribution in [0.5, 0.6) is 0 Å². The average molecular weight is 193 g/mol. The number of benzene rings is 1. The van der Waals surface area contributed by atoms with Gasteiger partial charge in [0.15, 0.2) is 0 Å². The van der Waals surface area contributed by atoms with Crippen LogP contribution in [-0.2, 0) is 0 Å². The maximum atomic E-state index is 8.61. The highest BCUT2D eigenvalue weighted by Gasteiger charge is 1.97. The molecule has 0 aliphatic heterocycles. The quantitative estimate of drug-likeness (QED) is 0.707. The molecule has 2 aromatic rings. The highest BCUT2D eigenvalue weighted by molar-refractivity contribution is 5.82. The van der Waals surface area contributed by atoms with Crippen molar-refractivity contribution >= 4 is 17.0 Å². The second-order valence-electron chi connectivity index (χ2n) is 3.11. The standard InChI is InChI=1S/C12H7N3/c13-7-10(8-14)5-9-1-2-12-11(6-9)3-4-15-12/h1-6,15H. The minimum Gasteiger partial charge on any atom is -0.361 e. The summed E-state index contributed by atoms with van der Waals surface area (Å²) in [7, 11) is 0. The summed E-state index contributed by atoms with van der Waals surface area (Å²) in [5.41, 5.74) is 2.02. The van der Waals surface area contributed by atoms with Crippen LogP contribution in [0.15, 0.2) is 36.0 Å². The van der Waals surface area contributed by atoms with Gasteiger partial charge in [-0.25, -0.2) is 0 Å². The molecule has 1 aromatic carbocycles. The van der Waals surface area contributed by atoms with Crippen LogP contribution in [0.3, 0.4) is 0 Å². The molecular formula is C12H7N3. The van der Waals surface area contributed by atoms with Crippen LogP contribution >= 0.6 is 0 Å². The van der Waals surface area contributed by atoms with Crippen LogP contribution in [0.25, 0.3) is 17.0 Å². The minimum atomic E-state index is 0.116. The van der Waals surface area contributed by atoms with E-state index in [9.17, 15) is 0 Å². The fraction of sp³-hybridized carbons (Fsp3) is 0. The van der Waals surface area contributed by atoms with Crippen molar-refractivity contribution in [2.24, 2.45) is 0 Å². The van der Waals surface area contributed by atoms with E-state index in [0.29, 0.717) is 0 Å².